The number of halogens is 1. The first-order valence-electron chi connectivity index (χ1n) is 0.698. The van der Waals surface area contributed by atoms with Gasteiger partial charge < -0.3 is 2.85 Å². The quantitative estimate of drug-likeness (QED) is 0.381. The van der Waals surface area contributed by atoms with Crippen molar-refractivity contribution in [2.45, 2.75) is 0 Å². The summed E-state index contributed by atoms with van der Waals surface area (Å²) in [6.45, 7) is 0. The standard InChI is InChI=1S/ClH.2Na.H2O3S2.2H/c;;;1-5(2,3)4;;/h1H;;;(H2,1,2,3,4);;/q;2*+1;;2*-1. The summed E-state index contributed by atoms with van der Waals surface area (Å²) in [6, 6.07) is 0. The topological polar surface area (TPSA) is 57.5 Å². The van der Waals surface area contributed by atoms with E-state index < -0.39 is 9.05 Å². The SMILES string of the molecule is Cl.O=S(O)(O)=S.[H-].[H-].[Na+].[Na+]. The number of hydrogen-bond donors (Lipinski definition) is 2. The zero-order chi connectivity index (χ0) is 4.50. The van der Waals surface area contributed by atoms with Crippen LogP contribution < -0.4 is 59.1 Å². The van der Waals surface area contributed by atoms with Crippen molar-refractivity contribution in [1.82, 2.24) is 0 Å². The molecule has 0 heterocycles. The minimum Gasteiger partial charge on any atom is -1.00 e. The molecule has 0 bridgehead atoms. The summed E-state index contributed by atoms with van der Waals surface area (Å²) in [7, 11) is -3.83. The third kappa shape index (κ3) is 74.1. The molecule has 0 fully saturated rings. The minimum atomic E-state index is -3.83. The fourth-order valence-electron chi connectivity index (χ4n) is 0. The number of hydrogen-bond acceptors (Lipinski definition) is 2. The fourth-order valence-corrected chi connectivity index (χ4v) is 0. The summed E-state index contributed by atoms with van der Waals surface area (Å²) in [6.07, 6.45) is 0. The van der Waals surface area contributed by atoms with Crippen LogP contribution in [0.25, 0.3) is 0 Å². The molecular formula is H5ClNa2O3S2. The molecule has 0 saturated heterocycles. The predicted octanol–water partition coefficient (Wildman–Crippen LogP) is -5.67. The van der Waals surface area contributed by atoms with Crippen LogP contribution in [0.4, 0.5) is 0 Å². The Morgan fingerprint density at radius 3 is 1.38 bits per heavy atom. The van der Waals surface area contributed by atoms with Crippen LogP contribution >= 0.6 is 12.4 Å². The monoisotopic (exact) mass is 198 g/mol. The summed E-state index contributed by atoms with van der Waals surface area (Å²) in [5.74, 6) is 0. The second-order valence-corrected chi connectivity index (χ2v) is 2.65. The largest absolute Gasteiger partial charge is 1.00 e. The van der Waals surface area contributed by atoms with Crippen molar-refractivity contribution in [2.24, 2.45) is 0 Å². The van der Waals surface area contributed by atoms with Crippen molar-refractivity contribution >= 4 is 32.6 Å². The van der Waals surface area contributed by atoms with E-state index >= 15 is 0 Å². The Labute approximate surface area is 106 Å². The Balaban J connectivity index is -0.00000000800. The number of rotatable bonds is 0. The Hall–Kier alpha value is 2.58. The van der Waals surface area contributed by atoms with E-state index in [1.807, 2.05) is 0 Å². The van der Waals surface area contributed by atoms with Gasteiger partial charge in [-0.3, -0.25) is 9.11 Å². The van der Waals surface area contributed by atoms with E-state index in [0.29, 0.717) is 0 Å². The maximum atomic E-state index is 9.11. The average Bonchev–Trinajstić information content (AvgIpc) is 0.722. The fraction of sp³-hybridized carbons (Fsp3) is 0. The normalized spacial score (nSPS) is 7.25. The third-order valence-electron chi connectivity index (χ3n) is 0. The molecule has 0 radical (unpaired) electrons. The maximum absolute atomic E-state index is 9.11. The molecule has 0 saturated carbocycles. The Kier molecular flexibility index (Phi) is 26.9. The molecule has 3 nitrogen and oxygen atoms in total. The molecule has 0 unspecified atom stereocenters. The van der Waals surface area contributed by atoms with Crippen molar-refractivity contribution in [2.75, 3.05) is 0 Å². The van der Waals surface area contributed by atoms with Gasteiger partial charge in [0, 0.05) is 11.2 Å². The molecule has 8 heteroatoms. The van der Waals surface area contributed by atoms with Crippen LogP contribution in [0.2, 0.25) is 0 Å². The van der Waals surface area contributed by atoms with E-state index in [0.717, 1.165) is 0 Å². The zero-order valence-corrected chi connectivity index (χ0v) is 11.0. The molecule has 0 aromatic heterocycles. The minimum absolute atomic E-state index is 0. The molecule has 0 atom stereocenters. The van der Waals surface area contributed by atoms with Gasteiger partial charge in [0.15, 0.2) is 0 Å². The smallest absolute Gasteiger partial charge is 1.00 e. The average molecular weight is 199 g/mol. The second-order valence-electron chi connectivity index (χ2n) is 0.448. The van der Waals surface area contributed by atoms with Crippen molar-refractivity contribution in [3.63, 3.8) is 0 Å². The van der Waals surface area contributed by atoms with Crippen molar-refractivity contribution < 1.29 is 75.3 Å². The van der Waals surface area contributed by atoms with Crippen LogP contribution in [-0.4, -0.2) is 13.3 Å². The van der Waals surface area contributed by atoms with Crippen LogP contribution in [0, 0.1) is 0 Å². The molecule has 0 aromatic rings. The molecular weight excluding hydrogens is 194 g/mol. The Morgan fingerprint density at radius 2 is 1.38 bits per heavy atom. The molecule has 0 aromatic carbocycles. The van der Waals surface area contributed by atoms with E-state index in [-0.39, 0.29) is 74.4 Å². The molecule has 0 aliphatic carbocycles. The summed E-state index contributed by atoms with van der Waals surface area (Å²) < 4.78 is 24.0. The predicted molar refractivity (Wildman–Crippen MR) is 30.2 cm³/mol. The first-order valence-corrected chi connectivity index (χ1v) is 3.10. The van der Waals surface area contributed by atoms with E-state index in [2.05, 4.69) is 11.2 Å². The Bertz CT molecular complexity index is 106. The van der Waals surface area contributed by atoms with Crippen LogP contribution in [0.3, 0.4) is 0 Å². The van der Waals surface area contributed by atoms with Crippen LogP contribution in [0.1, 0.15) is 2.85 Å². The summed E-state index contributed by atoms with van der Waals surface area (Å²) in [5, 5.41) is 0. The summed E-state index contributed by atoms with van der Waals surface area (Å²) >= 11 is 3.47. The van der Waals surface area contributed by atoms with Crippen molar-refractivity contribution in [1.29, 1.82) is 0 Å². The van der Waals surface area contributed by atoms with Gasteiger partial charge in [-0.25, -0.2) is 0 Å². The first kappa shape index (κ1) is 22.4. The molecule has 0 spiro atoms. The van der Waals surface area contributed by atoms with Gasteiger partial charge in [0.1, 0.15) is 0 Å². The molecule has 0 amide bonds. The van der Waals surface area contributed by atoms with Crippen LogP contribution in [-0.2, 0) is 20.2 Å². The third-order valence-corrected chi connectivity index (χ3v) is 0. The molecule has 0 aliphatic heterocycles. The molecule has 2 N–H and O–H groups in total. The van der Waals surface area contributed by atoms with E-state index in [1.165, 1.54) is 0 Å². The molecule has 0 rings (SSSR count). The second kappa shape index (κ2) is 9.58. The van der Waals surface area contributed by atoms with Crippen LogP contribution in [0.5, 0.6) is 0 Å². The van der Waals surface area contributed by atoms with Crippen molar-refractivity contribution in [3.8, 4) is 0 Å². The van der Waals surface area contributed by atoms with Crippen molar-refractivity contribution in [3.05, 3.63) is 0 Å². The Morgan fingerprint density at radius 1 is 1.38 bits per heavy atom. The van der Waals surface area contributed by atoms with Crippen LogP contribution in [0.15, 0.2) is 0 Å². The van der Waals surface area contributed by atoms with Gasteiger partial charge in [-0.1, -0.05) is 0 Å². The van der Waals surface area contributed by atoms with Gasteiger partial charge in [-0.05, 0) is 0 Å². The molecule has 44 valence electrons. The zero-order valence-electron chi connectivity index (χ0n) is 6.53. The molecule has 8 heavy (non-hydrogen) atoms. The van der Waals surface area contributed by atoms with Gasteiger partial charge in [0.05, 0.1) is 0 Å². The maximum Gasteiger partial charge on any atom is 1.00 e. The van der Waals surface area contributed by atoms with Gasteiger partial charge in [-0.15, -0.1) is 12.4 Å². The van der Waals surface area contributed by atoms with Gasteiger partial charge >= 0.3 is 59.1 Å². The van der Waals surface area contributed by atoms with Gasteiger partial charge in [-0.2, -0.15) is 4.21 Å². The summed E-state index contributed by atoms with van der Waals surface area (Å²) in [5.41, 5.74) is 0. The van der Waals surface area contributed by atoms with E-state index in [9.17, 15) is 0 Å². The first-order chi connectivity index (χ1) is 2.00. The van der Waals surface area contributed by atoms with E-state index in [4.69, 9.17) is 13.3 Å². The van der Waals surface area contributed by atoms with E-state index in [1.54, 1.807) is 0 Å². The van der Waals surface area contributed by atoms with Gasteiger partial charge in [0.2, 0.25) is 0 Å². The summed E-state index contributed by atoms with van der Waals surface area (Å²) in [4.78, 5) is 0. The molecule has 0 aliphatic rings. The van der Waals surface area contributed by atoms with Gasteiger partial charge in [0.25, 0.3) is 9.05 Å².